The summed E-state index contributed by atoms with van der Waals surface area (Å²) in [5.74, 6) is -2.53. The molecule has 1 aromatic carbocycles. The number of rotatable bonds is 4. The van der Waals surface area contributed by atoms with Crippen molar-refractivity contribution in [3.63, 3.8) is 0 Å². The number of ether oxygens (including phenoxy) is 1. The molecule has 0 radical (unpaired) electrons. The normalized spacial score (nSPS) is 13.0. The minimum atomic E-state index is -2.67. The van der Waals surface area contributed by atoms with Gasteiger partial charge in [0, 0.05) is 19.7 Å². The summed E-state index contributed by atoms with van der Waals surface area (Å²) < 4.78 is 50.2. The zero-order valence-corrected chi connectivity index (χ0v) is 15.3. The van der Waals surface area contributed by atoms with Gasteiger partial charge in [-0.15, -0.1) is 0 Å². The second-order valence-electron chi connectivity index (χ2n) is 6.58. The molecule has 2 aromatic rings. The first-order valence-electron chi connectivity index (χ1n) is 8.67. The van der Waals surface area contributed by atoms with E-state index in [1.807, 2.05) is 0 Å². The number of nitrogens with zero attached hydrogens (tertiary/aromatic N) is 5. The van der Waals surface area contributed by atoms with Crippen molar-refractivity contribution in [1.82, 2.24) is 19.9 Å². The number of amides is 1. The molecule has 0 saturated carbocycles. The van der Waals surface area contributed by atoms with Crippen LogP contribution in [-0.2, 0) is 18.3 Å². The van der Waals surface area contributed by atoms with Crippen molar-refractivity contribution >= 4 is 11.8 Å². The molecule has 0 saturated heterocycles. The van der Waals surface area contributed by atoms with Gasteiger partial charge in [0.05, 0.1) is 20.2 Å². The lowest BCUT2D eigenvalue weighted by molar-refractivity contribution is -0.387. The first-order valence-corrected chi connectivity index (χ1v) is 7.67. The Morgan fingerprint density at radius 3 is 2.59 bits per heavy atom. The summed E-state index contributed by atoms with van der Waals surface area (Å²) >= 11 is 0. The van der Waals surface area contributed by atoms with E-state index in [1.165, 1.54) is 7.05 Å². The SMILES string of the molecule is [2H]C([2H])(c1nn(C)nc1-c1cc(F)cc([N+](=O)[O-])c1F)N(C)C(=O)OC(C)(C)C. The Hall–Kier alpha value is -3.11. The molecule has 0 bridgehead atoms. The molecule has 9 nitrogen and oxygen atoms in total. The van der Waals surface area contributed by atoms with E-state index in [4.69, 9.17) is 7.48 Å². The minimum absolute atomic E-state index is 0.399. The lowest BCUT2D eigenvalue weighted by atomic mass is 10.1. The van der Waals surface area contributed by atoms with Crippen molar-refractivity contribution in [2.75, 3.05) is 7.05 Å². The number of carbonyl (C=O) groups is 1. The Labute approximate surface area is 156 Å². The number of halogens is 2. The van der Waals surface area contributed by atoms with Gasteiger partial charge in [-0.3, -0.25) is 10.1 Å². The first-order chi connectivity index (χ1) is 13.1. The second kappa shape index (κ2) is 7.25. The summed E-state index contributed by atoms with van der Waals surface area (Å²) in [6.45, 7) is 2.09. The molecule has 1 aromatic heterocycles. The van der Waals surface area contributed by atoms with E-state index >= 15 is 0 Å². The van der Waals surface area contributed by atoms with Gasteiger partial charge in [-0.1, -0.05) is 0 Å². The van der Waals surface area contributed by atoms with Gasteiger partial charge in [0.15, 0.2) is 0 Å². The molecule has 146 valence electrons. The summed E-state index contributed by atoms with van der Waals surface area (Å²) in [5, 5.41) is 18.6. The van der Waals surface area contributed by atoms with Crippen LogP contribution in [0.2, 0.25) is 0 Å². The molecular weight excluding hydrogens is 364 g/mol. The van der Waals surface area contributed by atoms with Crippen LogP contribution in [0.4, 0.5) is 19.3 Å². The van der Waals surface area contributed by atoms with Crippen LogP contribution in [0.25, 0.3) is 11.3 Å². The molecule has 0 aliphatic rings. The highest BCUT2D eigenvalue weighted by molar-refractivity contribution is 5.69. The minimum Gasteiger partial charge on any atom is -0.444 e. The quantitative estimate of drug-likeness (QED) is 0.592. The van der Waals surface area contributed by atoms with E-state index in [-0.39, 0.29) is 0 Å². The van der Waals surface area contributed by atoms with Crippen LogP contribution in [0.5, 0.6) is 0 Å². The fourth-order valence-electron chi connectivity index (χ4n) is 2.08. The summed E-state index contributed by atoms with van der Waals surface area (Å²) in [4.78, 5) is 23.6. The van der Waals surface area contributed by atoms with Crippen LogP contribution < -0.4 is 0 Å². The van der Waals surface area contributed by atoms with E-state index in [2.05, 4.69) is 10.2 Å². The molecule has 1 amide bonds. The molecule has 0 spiro atoms. The predicted octanol–water partition coefficient (Wildman–Crippen LogP) is 3.04. The van der Waals surface area contributed by atoms with Gasteiger partial charge >= 0.3 is 11.8 Å². The van der Waals surface area contributed by atoms with Crippen LogP contribution in [0.3, 0.4) is 0 Å². The molecule has 0 aliphatic heterocycles. The number of hydrogen-bond acceptors (Lipinski definition) is 6. The fourth-order valence-corrected chi connectivity index (χ4v) is 2.08. The van der Waals surface area contributed by atoms with Crippen molar-refractivity contribution in [1.29, 1.82) is 0 Å². The number of hydrogen-bond donors (Lipinski definition) is 0. The molecular formula is C16H19F2N5O4. The Morgan fingerprint density at radius 2 is 2.04 bits per heavy atom. The van der Waals surface area contributed by atoms with Gasteiger partial charge in [0.1, 0.15) is 22.8 Å². The highest BCUT2D eigenvalue weighted by Crippen LogP contribution is 2.31. The van der Waals surface area contributed by atoms with Gasteiger partial charge in [0.2, 0.25) is 5.82 Å². The maximum atomic E-state index is 14.6. The number of carbonyl (C=O) groups excluding carboxylic acids is 1. The van der Waals surface area contributed by atoms with Crippen LogP contribution in [0, 0.1) is 21.7 Å². The third kappa shape index (κ3) is 4.74. The lowest BCUT2D eigenvalue weighted by Gasteiger charge is -2.24. The Bertz CT molecular complexity index is 975. The predicted molar refractivity (Wildman–Crippen MR) is 90.7 cm³/mol. The number of nitro benzene ring substituents is 1. The van der Waals surface area contributed by atoms with Crippen molar-refractivity contribution in [2.45, 2.75) is 32.9 Å². The Balaban J connectivity index is 2.62. The molecule has 0 fully saturated rings. The zero-order chi connectivity index (χ0) is 22.3. The van der Waals surface area contributed by atoms with E-state index in [1.54, 1.807) is 20.8 Å². The number of aryl methyl sites for hydroxylation is 1. The molecule has 11 heteroatoms. The molecule has 1 heterocycles. The topological polar surface area (TPSA) is 103 Å². The smallest absolute Gasteiger partial charge is 0.410 e. The van der Waals surface area contributed by atoms with Gasteiger partial charge in [-0.2, -0.15) is 19.4 Å². The van der Waals surface area contributed by atoms with Crippen molar-refractivity contribution < 1.29 is 26.0 Å². The van der Waals surface area contributed by atoms with Gasteiger partial charge in [-0.25, -0.2) is 9.18 Å². The molecule has 0 N–H and O–H groups in total. The highest BCUT2D eigenvalue weighted by Gasteiger charge is 2.27. The monoisotopic (exact) mass is 385 g/mol. The summed E-state index contributed by atoms with van der Waals surface area (Å²) in [7, 11) is 2.39. The standard InChI is InChI=1S/C16H19F2N5O4/c1-16(2,3)27-15(24)21(4)8-11-14(20-22(5)19-11)10-6-9(17)7-12(13(10)18)23(25)26/h6-7H,8H2,1-5H3/i8D2. The fraction of sp³-hybridized carbons (Fsp3) is 0.438. The molecule has 27 heavy (non-hydrogen) atoms. The summed E-state index contributed by atoms with van der Waals surface area (Å²) in [6.07, 6.45) is -1.04. The van der Waals surface area contributed by atoms with Crippen molar-refractivity contribution in [2.24, 2.45) is 7.05 Å². The Kier molecular flexibility index (Phi) is 4.65. The van der Waals surface area contributed by atoms with E-state index < -0.39 is 57.4 Å². The number of benzene rings is 1. The van der Waals surface area contributed by atoms with Crippen molar-refractivity contribution in [3.05, 3.63) is 39.6 Å². The maximum absolute atomic E-state index is 14.6. The van der Waals surface area contributed by atoms with Crippen LogP contribution in [0.1, 0.15) is 29.2 Å². The number of nitro groups is 1. The second-order valence-corrected chi connectivity index (χ2v) is 6.58. The van der Waals surface area contributed by atoms with Gasteiger partial charge in [-0.05, 0) is 26.8 Å². The highest BCUT2D eigenvalue weighted by atomic mass is 19.1. The van der Waals surface area contributed by atoms with E-state index in [0.717, 1.165) is 11.8 Å². The molecule has 0 aliphatic carbocycles. The summed E-state index contributed by atoms with van der Waals surface area (Å²) in [6, 6.07) is 1.04. The van der Waals surface area contributed by atoms with Crippen LogP contribution in [0.15, 0.2) is 12.1 Å². The lowest BCUT2D eigenvalue weighted by Crippen LogP contribution is -2.34. The summed E-state index contributed by atoms with van der Waals surface area (Å²) in [5.41, 5.74) is -3.76. The third-order valence-corrected chi connectivity index (χ3v) is 3.12. The Morgan fingerprint density at radius 1 is 1.41 bits per heavy atom. The van der Waals surface area contributed by atoms with Crippen molar-refractivity contribution in [3.8, 4) is 11.3 Å². The van der Waals surface area contributed by atoms with E-state index in [0.29, 0.717) is 17.0 Å². The third-order valence-electron chi connectivity index (χ3n) is 3.12. The average molecular weight is 385 g/mol. The van der Waals surface area contributed by atoms with Crippen LogP contribution in [-0.4, -0.2) is 43.6 Å². The first kappa shape index (κ1) is 17.3. The van der Waals surface area contributed by atoms with Gasteiger partial charge in [0.25, 0.3) is 0 Å². The zero-order valence-electron chi connectivity index (χ0n) is 17.3. The molecule has 2 rings (SSSR count). The molecule has 0 atom stereocenters. The molecule has 0 unspecified atom stereocenters. The van der Waals surface area contributed by atoms with E-state index in [9.17, 15) is 23.7 Å². The average Bonchev–Trinajstić information content (AvgIpc) is 2.96. The van der Waals surface area contributed by atoms with Crippen LogP contribution >= 0.6 is 0 Å². The number of aromatic nitrogens is 3. The largest absolute Gasteiger partial charge is 0.444 e. The maximum Gasteiger partial charge on any atom is 0.410 e. The van der Waals surface area contributed by atoms with Gasteiger partial charge < -0.3 is 9.64 Å².